The summed E-state index contributed by atoms with van der Waals surface area (Å²) in [5.74, 6) is 1.07. The number of anilines is 1. The summed E-state index contributed by atoms with van der Waals surface area (Å²) in [6.07, 6.45) is 7.91. The number of hydrogen-bond acceptors (Lipinski definition) is 3. The van der Waals surface area contributed by atoms with Gasteiger partial charge in [-0.2, -0.15) is 5.10 Å². The van der Waals surface area contributed by atoms with Crippen molar-refractivity contribution in [1.82, 2.24) is 10.2 Å². The second kappa shape index (κ2) is 8.60. The fraction of sp³-hybridized carbons (Fsp3) is 0.450. The third kappa shape index (κ3) is 5.28. The molecule has 5 heteroatoms. The number of aromatic amines is 1. The summed E-state index contributed by atoms with van der Waals surface area (Å²) in [6, 6.07) is 11.0. The maximum Gasteiger partial charge on any atom is 0.226 e. The van der Waals surface area contributed by atoms with Crippen molar-refractivity contribution in [2.75, 3.05) is 5.32 Å². The summed E-state index contributed by atoms with van der Waals surface area (Å²) >= 11 is 0. The van der Waals surface area contributed by atoms with Gasteiger partial charge in [0.15, 0.2) is 11.6 Å². The number of amides is 1. The van der Waals surface area contributed by atoms with Gasteiger partial charge in [-0.3, -0.25) is 14.7 Å². The molecule has 2 aromatic rings. The molecule has 1 aliphatic rings. The van der Waals surface area contributed by atoms with Crippen LogP contribution in [0.3, 0.4) is 0 Å². The van der Waals surface area contributed by atoms with Crippen LogP contribution >= 0.6 is 0 Å². The lowest BCUT2D eigenvalue weighted by Crippen LogP contribution is -2.13. The topological polar surface area (TPSA) is 74.8 Å². The quantitative estimate of drug-likeness (QED) is 0.745. The van der Waals surface area contributed by atoms with E-state index in [0.29, 0.717) is 11.4 Å². The molecule has 0 unspecified atom stereocenters. The van der Waals surface area contributed by atoms with Gasteiger partial charge < -0.3 is 5.32 Å². The van der Waals surface area contributed by atoms with Crippen LogP contribution < -0.4 is 5.32 Å². The number of Topliss-reactive ketones (excluding diaryl/α,β-unsaturated/α-hetero) is 1. The monoisotopic (exact) mass is 339 g/mol. The molecule has 1 heterocycles. The van der Waals surface area contributed by atoms with Crippen molar-refractivity contribution in [3.8, 4) is 0 Å². The molecule has 0 atom stereocenters. The first-order chi connectivity index (χ1) is 12.2. The smallest absolute Gasteiger partial charge is 0.226 e. The zero-order valence-electron chi connectivity index (χ0n) is 14.5. The molecule has 5 nitrogen and oxygen atoms in total. The number of hydrogen-bond donors (Lipinski definition) is 2. The Hall–Kier alpha value is -2.43. The lowest BCUT2D eigenvalue weighted by molar-refractivity contribution is -0.116. The Morgan fingerprint density at radius 1 is 1.08 bits per heavy atom. The number of carbonyl (C=O) groups is 2. The second-order valence-corrected chi connectivity index (χ2v) is 6.82. The molecular formula is C20H25N3O2. The average molecular weight is 339 g/mol. The molecular weight excluding hydrogens is 314 g/mol. The van der Waals surface area contributed by atoms with Crippen LogP contribution in [-0.4, -0.2) is 21.9 Å². The molecule has 0 saturated heterocycles. The second-order valence-electron chi connectivity index (χ2n) is 6.82. The minimum Gasteiger partial charge on any atom is -0.309 e. The standard InChI is InChI=1S/C20H25N3O2/c24-18(16-9-5-2-6-10-16)11-12-20(25)21-19-14-17(22-23-19)13-15-7-3-1-4-8-15/h2,5-6,9-10,14-15H,1,3-4,7-8,11-13H2,(H2,21,22,23,25). The third-order valence-electron chi connectivity index (χ3n) is 4.81. The summed E-state index contributed by atoms with van der Waals surface area (Å²) in [6.45, 7) is 0. The van der Waals surface area contributed by atoms with Gasteiger partial charge in [-0.15, -0.1) is 0 Å². The summed E-state index contributed by atoms with van der Waals surface area (Å²) in [5.41, 5.74) is 1.72. The van der Waals surface area contributed by atoms with Gasteiger partial charge in [0.1, 0.15) is 0 Å². The van der Waals surface area contributed by atoms with Crippen molar-refractivity contribution < 1.29 is 9.59 Å². The minimum absolute atomic E-state index is 0.0178. The van der Waals surface area contributed by atoms with Crippen LogP contribution in [0.15, 0.2) is 36.4 Å². The molecule has 2 N–H and O–H groups in total. The van der Waals surface area contributed by atoms with E-state index in [1.807, 2.05) is 24.3 Å². The van der Waals surface area contributed by atoms with Crippen molar-refractivity contribution in [3.05, 3.63) is 47.7 Å². The van der Waals surface area contributed by atoms with Crippen molar-refractivity contribution >= 4 is 17.5 Å². The number of carbonyl (C=O) groups excluding carboxylic acids is 2. The Morgan fingerprint density at radius 3 is 2.60 bits per heavy atom. The number of ketones is 1. The van der Waals surface area contributed by atoms with Gasteiger partial charge >= 0.3 is 0 Å². The van der Waals surface area contributed by atoms with Gasteiger partial charge in [-0.05, 0) is 12.3 Å². The molecule has 1 amide bonds. The summed E-state index contributed by atoms with van der Waals surface area (Å²) in [5, 5.41) is 9.96. The molecule has 0 bridgehead atoms. The van der Waals surface area contributed by atoms with E-state index in [-0.39, 0.29) is 24.5 Å². The molecule has 0 aliphatic heterocycles. The first-order valence-electron chi connectivity index (χ1n) is 9.13. The van der Waals surface area contributed by atoms with Crippen LogP contribution in [0.1, 0.15) is 61.0 Å². The Kier molecular flexibility index (Phi) is 5.99. The van der Waals surface area contributed by atoms with Gasteiger partial charge in [0, 0.05) is 30.2 Å². The molecule has 132 valence electrons. The molecule has 25 heavy (non-hydrogen) atoms. The lowest BCUT2D eigenvalue weighted by Gasteiger charge is -2.20. The number of benzene rings is 1. The fourth-order valence-corrected chi connectivity index (χ4v) is 3.43. The maximum absolute atomic E-state index is 12.0. The van der Waals surface area contributed by atoms with Gasteiger partial charge in [-0.25, -0.2) is 0 Å². The summed E-state index contributed by atoms with van der Waals surface area (Å²) < 4.78 is 0. The van der Waals surface area contributed by atoms with Crippen LogP contribution in [0.4, 0.5) is 5.82 Å². The third-order valence-corrected chi connectivity index (χ3v) is 4.81. The van der Waals surface area contributed by atoms with E-state index in [9.17, 15) is 9.59 Å². The SMILES string of the molecule is O=C(CCC(=O)c1ccccc1)Nc1cc(CC2CCCCC2)[nH]n1. The Bertz CT molecular complexity index is 703. The van der Waals surface area contributed by atoms with Crippen molar-refractivity contribution in [2.45, 2.75) is 51.4 Å². The molecule has 1 aromatic carbocycles. The van der Waals surface area contributed by atoms with Gasteiger partial charge in [0.2, 0.25) is 5.91 Å². The molecule has 1 aromatic heterocycles. The average Bonchev–Trinajstić information content (AvgIpc) is 3.08. The van der Waals surface area contributed by atoms with Crippen LogP contribution in [0.2, 0.25) is 0 Å². The van der Waals surface area contributed by atoms with Crippen LogP contribution in [0.25, 0.3) is 0 Å². The van der Waals surface area contributed by atoms with Crippen LogP contribution in [0.5, 0.6) is 0 Å². The lowest BCUT2D eigenvalue weighted by atomic mass is 9.86. The summed E-state index contributed by atoms with van der Waals surface area (Å²) in [4.78, 5) is 24.1. The van der Waals surface area contributed by atoms with E-state index in [2.05, 4.69) is 15.5 Å². The molecule has 1 fully saturated rings. The van der Waals surface area contributed by atoms with Crippen LogP contribution in [0, 0.1) is 5.92 Å². The molecule has 1 saturated carbocycles. The van der Waals surface area contributed by atoms with E-state index in [0.717, 1.165) is 18.0 Å². The van der Waals surface area contributed by atoms with E-state index in [1.165, 1.54) is 32.1 Å². The Balaban J connectivity index is 1.44. The highest BCUT2D eigenvalue weighted by atomic mass is 16.2. The number of rotatable bonds is 7. The van der Waals surface area contributed by atoms with Gasteiger partial charge in [0.25, 0.3) is 0 Å². The van der Waals surface area contributed by atoms with E-state index < -0.39 is 0 Å². The predicted molar refractivity (Wildman–Crippen MR) is 97.5 cm³/mol. The van der Waals surface area contributed by atoms with Crippen molar-refractivity contribution in [3.63, 3.8) is 0 Å². The van der Waals surface area contributed by atoms with Gasteiger partial charge in [-0.1, -0.05) is 62.4 Å². The highest BCUT2D eigenvalue weighted by Crippen LogP contribution is 2.26. The zero-order chi connectivity index (χ0) is 17.5. The van der Waals surface area contributed by atoms with E-state index >= 15 is 0 Å². The van der Waals surface area contributed by atoms with Gasteiger partial charge in [0.05, 0.1) is 0 Å². The molecule has 1 aliphatic carbocycles. The van der Waals surface area contributed by atoms with E-state index in [1.54, 1.807) is 12.1 Å². The van der Waals surface area contributed by atoms with E-state index in [4.69, 9.17) is 0 Å². The highest BCUT2D eigenvalue weighted by Gasteiger charge is 2.16. The van der Waals surface area contributed by atoms with Crippen molar-refractivity contribution in [1.29, 1.82) is 0 Å². The minimum atomic E-state index is -0.181. The zero-order valence-corrected chi connectivity index (χ0v) is 14.5. The Morgan fingerprint density at radius 2 is 1.84 bits per heavy atom. The largest absolute Gasteiger partial charge is 0.309 e. The highest BCUT2D eigenvalue weighted by molar-refractivity contribution is 5.99. The molecule has 0 radical (unpaired) electrons. The Labute approximate surface area is 148 Å². The molecule has 0 spiro atoms. The normalized spacial score (nSPS) is 15.0. The number of nitrogens with one attached hydrogen (secondary N) is 2. The number of H-pyrrole nitrogens is 1. The maximum atomic E-state index is 12.0. The van der Waals surface area contributed by atoms with Crippen molar-refractivity contribution in [2.24, 2.45) is 5.92 Å². The predicted octanol–water partition coefficient (Wildman–Crippen LogP) is 4.13. The molecule has 3 rings (SSSR count). The summed E-state index contributed by atoms with van der Waals surface area (Å²) in [7, 11) is 0. The van der Waals surface area contributed by atoms with Crippen LogP contribution in [-0.2, 0) is 11.2 Å². The first-order valence-corrected chi connectivity index (χ1v) is 9.13. The number of nitrogens with zero attached hydrogens (tertiary/aromatic N) is 1. The number of aromatic nitrogens is 2. The first kappa shape index (κ1) is 17.4. The fourth-order valence-electron chi connectivity index (χ4n) is 3.43.